The van der Waals surface area contributed by atoms with Crippen molar-refractivity contribution in [1.29, 1.82) is 0 Å². The number of fused-ring (bicyclic) bond motifs is 3. The summed E-state index contributed by atoms with van der Waals surface area (Å²) in [7, 11) is 0. The molecule has 0 aliphatic heterocycles. The lowest BCUT2D eigenvalue weighted by molar-refractivity contribution is -0.387. The Balaban J connectivity index is 1.42. The second kappa shape index (κ2) is 13.6. The molecule has 1 heterocycles. The number of nitro benzene ring substituents is 1. The van der Waals surface area contributed by atoms with E-state index in [0.29, 0.717) is 11.3 Å². The molecule has 5 nitrogen and oxygen atoms in total. The zero-order chi connectivity index (χ0) is 39.5. The number of hydrogen-bond donors (Lipinski definition) is 1. The van der Waals surface area contributed by atoms with E-state index >= 15 is 4.39 Å². The summed E-state index contributed by atoms with van der Waals surface area (Å²) >= 11 is 0. The molecule has 56 heavy (non-hydrogen) atoms. The summed E-state index contributed by atoms with van der Waals surface area (Å²) in [6.45, 7) is 13.4. The van der Waals surface area contributed by atoms with Gasteiger partial charge in [0.15, 0.2) is 0 Å². The number of rotatable bonds is 6. The third-order valence-corrected chi connectivity index (χ3v) is 10.9. The lowest BCUT2D eigenvalue weighted by Gasteiger charge is -2.27. The summed E-state index contributed by atoms with van der Waals surface area (Å²) in [5.74, 6) is -0.882. The molecule has 0 spiro atoms. The third-order valence-electron chi connectivity index (χ3n) is 10.9. The van der Waals surface area contributed by atoms with Gasteiger partial charge in [0, 0.05) is 44.9 Å². The van der Waals surface area contributed by atoms with Gasteiger partial charge in [0.1, 0.15) is 0 Å². The number of para-hydroxylation sites is 3. The van der Waals surface area contributed by atoms with Crippen LogP contribution in [0.15, 0.2) is 146 Å². The van der Waals surface area contributed by atoms with E-state index < -0.39 is 16.4 Å². The Bertz CT molecular complexity index is 2790. The Kier molecular flexibility index (Phi) is 8.88. The molecule has 8 aromatic rings. The van der Waals surface area contributed by atoms with Crippen molar-refractivity contribution in [3.8, 4) is 50.2 Å². The maximum absolute atomic E-state index is 16.4. The van der Waals surface area contributed by atoms with Crippen LogP contribution in [0.3, 0.4) is 0 Å². The van der Waals surface area contributed by atoms with Crippen LogP contribution < -0.4 is 5.73 Å². The standard InChI is InChI=1S/C50H44FN3O2/c1-49(2,3)32-26-31(27-33(28-32)50(4,5)6)35-21-14-23-40(48(35)52)36-18-10-11-19-37(36)41-29-43-38-20-12-13-24-44(38)53(34-16-8-7-9-17-34)46(43)30-42(41)39-22-15-25-45(47(39)51)54(55)56/h7-30H,52H2,1-6H3. The minimum absolute atomic E-state index is 0.0740. The number of anilines is 1. The predicted molar refractivity (Wildman–Crippen MR) is 231 cm³/mol. The molecule has 0 aliphatic rings. The first-order chi connectivity index (χ1) is 26.7. The van der Waals surface area contributed by atoms with E-state index in [-0.39, 0.29) is 16.4 Å². The normalized spacial score (nSPS) is 12.1. The van der Waals surface area contributed by atoms with Gasteiger partial charge in [0.25, 0.3) is 0 Å². The fourth-order valence-corrected chi connectivity index (χ4v) is 7.84. The van der Waals surface area contributed by atoms with E-state index in [1.165, 1.54) is 17.2 Å². The molecule has 0 unspecified atom stereocenters. The van der Waals surface area contributed by atoms with E-state index in [1.807, 2.05) is 84.9 Å². The summed E-state index contributed by atoms with van der Waals surface area (Å²) in [5, 5.41) is 14.1. The summed E-state index contributed by atoms with van der Waals surface area (Å²) in [5.41, 5.74) is 18.3. The summed E-state index contributed by atoms with van der Waals surface area (Å²) in [6.07, 6.45) is 0. The zero-order valence-electron chi connectivity index (χ0n) is 32.5. The third kappa shape index (κ3) is 6.31. The quantitative estimate of drug-likeness (QED) is 0.105. The predicted octanol–water partition coefficient (Wildman–Crippen LogP) is 13.7. The number of nitrogens with two attached hydrogens (primary N) is 1. The van der Waals surface area contributed by atoms with Crippen LogP contribution in [0.1, 0.15) is 52.7 Å². The van der Waals surface area contributed by atoms with E-state index in [9.17, 15) is 10.1 Å². The van der Waals surface area contributed by atoms with Gasteiger partial charge >= 0.3 is 5.69 Å². The van der Waals surface area contributed by atoms with Crippen LogP contribution in [0.4, 0.5) is 15.8 Å². The van der Waals surface area contributed by atoms with Gasteiger partial charge in [-0.05, 0) is 80.1 Å². The molecular formula is C50H44FN3O2. The molecule has 0 saturated carbocycles. The van der Waals surface area contributed by atoms with Crippen LogP contribution in [-0.4, -0.2) is 9.49 Å². The van der Waals surface area contributed by atoms with E-state index in [0.717, 1.165) is 60.9 Å². The van der Waals surface area contributed by atoms with E-state index in [2.05, 4.69) is 88.6 Å². The summed E-state index contributed by atoms with van der Waals surface area (Å²) < 4.78 is 18.6. The van der Waals surface area contributed by atoms with Crippen LogP contribution in [0, 0.1) is 15.9 Å². The van der Waals surface area contributed by atoms with Gasteiger partial charge in [0.2, 0.25) is 5.82 Å². The first kappa shape index (κ1) is 36.4. The number of benzene rings is 7. The van der Waals surface area contributed by atoms with Crippen molar-refractivity contribution in [3.63, 3.8) is 0 Å². The highest BCUT2D eigenvalue weighted by atomic mass is 19.1. The molecule has 278 valence electrons. The fraction of sp³-hybridized carbons (Fsp3) is 0.160. The van der Waals surface area contributed by atoms with Crippen molar-refractivity contribution in [2.24, 2.45) is 0 Å². The second-order valence-corrected chi connectivity index (χ2v) is 16.6. The van der Waals surface area contributed by atoms with Crippen molar-refractivity contribution < 1.29 is 9.31 Å². The first-order valence-electron chi connectivity index (χ1n) is 18.9. The van der Waals surface area contributed by atoms with Crippen LogP contribution in [-0.2, 0) is 10.8 Å². The lowest BCUT2D eigenvalue weighted by atomic mass is 9.78. The Morgan fingerprint density at radius 2 is 1.07 bits per heavy atom. The lowest BCUT2D eigenvalue weighted by Crippen LogP contribution is -2.16. The zero-order valence-corrected chi connectivity index (χ0v) is 32.5. The van der Waals surface area contributed by atoms with Gasteiger partial charge in [-0.25, -0.2) is 0 Å². The van der Waals surface area contributed by atoms with Crippen molar-refractivity contribution in [3.05, 3.63) is 173 Å². The van der Waals surface area contributed by atoms with Gasteiger partial charge in [-0.1, -0.05) is 151 Å². The molecule has 7 aromatic carbocycles. The molecule has 0 aliphatic carbocycles. The van der Waals surface area contributed by atoms with Gasteiger partial charge in [-0.2, -0.15) is 4.39 Å². The number of nitrogen functional groups attached to an aromatic ring is 1. The minimum Gasteiger partial charge on any atom is -0.398 e. The Hall–Kier alpha value is -6.53. The van der Waals surface area contributed by atoms with Gasteiger partial charge in [-0.3, -0.25) is 10.1 Å². The Labute approximate surface area is 327 Å². The highest BCUT2D eigenvalue weighted by Crippen LogP contribution is 2.47. The molecule has 6 heteroatoms. The molecular weight excluding hydrogens is 694 g/mol. The van der Waals surface area contributed by atoms with Crippen LogP contribution >= 0.6 is 0 Å². The van der Waals surface area contributed by atoms with Crippen LogP contribution in [0.5, 0.6) is 0 Å². The van der Waals surface area contributed by atoms with Crippen molar-refractivity contribution in [1.82, 2.24) is 4.57 Å². The molecule has 2 N–H and O–H groups in total. The average Bonchev–Trinajstić information content (AvgIpc) is 3.50. The maximum atomic E-state index is 16.4. The Morgan fingerprint density at radius 3 is 1.73 bits per heavy atom. The number of nitro groups is 1. The van der Waals surface area contributed by atoms with Crippen molar-refractivity contribution in [2.45, 2.75) is 52.4 Å². The average molecular weight is 738 g/mol. The topological polar surface area (TPSA) is 74.1 Å². The van der Waals surface area contributed by atoms with Gasteiger partial charge < -0.3 is 10.3 Å². The molecule has 0 radical (unpaired) electrons. The van der Waals surface area contributed by atoms with Crippen molar-refractivity contribution >= 4 is 33.2 Å². The number of halogens is 1. The molecule has 1 aromatic heterocycles. The van der Waals surface area contributed by atoms with Gasteiger partial charge in [0.05, 0.1) is 16.0 Å². The largest absolute Gasteiger partial charge is 0.398 e. The monoisotopic (exact) mass is 737 g/mol. The summed E-state index contributed by atoms with van der Waals surface area (Å²) in [6, 6.07) is 47.6. The smallest absolute Gasteiger partial charge is 0.305 e. The number of aromatic nitrogens is 1. The molecule has 0 saturated heterocycles. The highest BCUT2D eigenvalue weighted by Gasteiger charge is 2.26. The van der Waals surface area contributed by atoms with Crippen LogP contribution in [0.25, 0.3) is 72.0 Å². The van der Waals surface area contributed by atoms with E-state index in [1.54, 1.807) is 12.1 Å². The minimum atomic E-state index is -0.882. The molecule has 0 fully saturated rings. The second-order valence-electron chi connectivity index (χ2n) is 16.6. The van der Waals surface area contributed by atoms with Crippen LogP contribution in [0.2, 0.25) is 0 Å². The van der Waals surface area contributed by atoms with Crippen molar-refractivity contribution in [2.75, 3.05) is 5.73 Å². The number of hydrogen-bond acceptors (Lipinski definition) is 3. The molecule has 0 atom stereocenters. The fourth-order valence-electron chi connectivity index (χ4n) is 7.84. The van der Waals surface area contributed by atoms with E-state index in [4.69, 9.17) is 5.73 Å². The Morgan fingerprint density at radius 1 is 0.536 bits per heavy atom. The molecule has 0 bridgehead atoms. The summed E-state index contributed by atoms with van der Waals surface area (Å²) in [4.78, 5) is 11.4. The highest BCUT2D eigenvalue weighted by molar-refractivity contribution is 6.13. The number of nitrogens with zero attached hydrogens (tertiary/aromatic N) is 2. The SMILES string of the molecule is CC(C)(C)c1cc(-c2cccc(-c3ccccc3-c3cc4c5ccccc5n(-c5ccccc5)c4cc3-c3cccc([N+](=O)[O-])c3F)c2N)cc(C(C)(C)C)c1. The maximum Gasteiger partial charge on any atom is 0.305 e. The molecule has 0 amide bonds. The van der Waals surface area contributed by atoms with Gasteiger partial charge in [-0.15, -0.1) is 0 Å². The first-order valence-corrected chi connectivity index (χ1v) is 18.9. The molecule has 8 rings (SSSR count).